The number of aliphatic imine (C=N–C) groups is 1. The molecule has 3 aromatic carbocycles. The van der Waals surface area contributed by atoms with Gasteiger partial charge in [0.2, 0.25) is 0 Å². The lowest BCUT2D eigenvalue weighted by atomic mass is 9.99. The second kappa shape index (κ2) is 11.3. The third-order valence-electron chi connectivity index (χ3n) is 6.62. The van der Waals surface area contributed by atoms with Crippen LogP contribution < -0.4 is 0 Å². The molecule has 9 nitrogen and oxygen atoms in total. The molecule has 0 aliphatic heterocycles. The number of aromatic nitrogens is 2. The summed E-state index contributed by atoms with van der Waals surface area (Å²) >= 11 is 1.54. The first kappa shape index (κ1) is 27.0. The average molecular weight is 556 g/mol. The van der Waals surface area contributed by atoms with Gasteiger partial charge in [0.05, 0.1) is 45.4 Å². The van der Waals surface area contributed by atoms with E-state index in [4.69, 9.17) is 9.73 Å². The largest absolute Gasteiger partial charge is 0.494 e. The zero-order chi connectivity index (χ0) is 28.4. The molecule has 10 heteroatoms. The summed E-state index contributed by atoms with van der Waals surface area (Å²) in [6.45, 7) is 1.39. The van der Waals surface area contributed by atoms with Gasteiger partial charge in [0.15, 0.2) is 5.88 Å². The maximum Gasteiger partial charge on any atom is 0.337 e. The molecule has 0 aliphatic rings. The number of nitrogens with one attached hydrogen (secondary N) is 1. The maximum atomic E-state index is 12.9. The van der Waals surface area contributed by atoms with Crippen molar-refractivity contribution in [1.29, 1.82) is 0 Å². The van der Waals surface area contributed by atoms with Crippen molar-refractivity contribution in [1.82, 2.24) is 19.8 Å². The lowest BCUT2D eigenvalue weighted by Crippen LogP contribution is -2.33. The molecule has 40 heavy (non-hydrogen) atoms. The molecule has 0 spiro atoms. The van der Waals surface area contributed by atoms with E-state index in [-0.39, 0.29) is 11.8 Å². The van der Waals surface area contributed by atoms with Crippen LogP contribution in [0.2, 0.25) is 0 Å². The Kier molecular flexibility index (Phi) is 7.63. The fraction of sp³-hybridized carbons (Fsp3) is 0.200. The Morgan fingerprint density at radius 1 is 0.975 bits per heavy atom. The summed E-state index contributed by atoms with van der Waals surface area (Å²) in [4.78, 5) is 41.0. The van der Waals surface area contributed by atoms with Gasteiger partial charge in [-0.15, -0.1) is 11.3 Å². The molecule has 2 heterocycles. The molecular weight excluding hydrogens is 526 g/mol. The summed E-state index contributed by atoms with van der Waals surface area (Å²) in [6.07, 6.45) is 0. The number of nitrogens with zero attached hydrogens (tertiary/aromatic N) is 4. The van der Waals surface area contributed by atoms with Crippen LogP contribution in [-0.4, -0.2) is 83.8 Å². The Morgan fingerprint density at radius 3 is 2.42 bits per heavy atom. The van der Waals surface area contributed by atoms with Crippen molar-refractivity contribution in [3.05, 3.63) is 88.4 Å². The van der Waals surface area contributed by atoms with Crippen molar-refractivity contribution < 1.29 is 19.4 Å². The normalized spacial score (nSPS) is 11.9. The standard InChI is InChI=1S/C30H29N5O4S/c1-34(2)13-14-35(3)29(37)18-5-9-21(10-6-18)32-27(19-8-12-25-24(15-19)31-17-40-25)26-22-11-7-20(30(38)39-4)16-23(22)33-28(26)36/h5-12,15-17,33,36H,13-14H2,1-4H3. The van der Waals surface area contributed by atoms with E-state index in [0.717, 1.165) is 22.3 Å². The highest BCUT2D eigenvalue weighted by Gasteiger charge is 2.21. The van der Waals surface area contributed by atoms with Crippen molar-refractivity contribution in [3.63, 3.8) is 0 Å². The summed E-state index contributed by atoms with van der Waals surface area (Å²) in [5.41, 5.74) is 6.49. The molecule has 0 radical (unpaired) electrons. The number of amides is 1. The lowest BCUT2D eigenvalue weighted by Gasteiger charge is -2.19. The molecule has 0 atom stereocenters. The smallest absolute Gasteiger partial charge is 0.337 e. The predicted molar refractivity (Wildman–Crippen MR) is 158 cm³/mol. The van der Waals surface area contributed by atoms with Gasteiger partial charge in [-0.3, -0.25) is 4.79 Å². The monoisotopic (exact) mass is 555 g/mol. The first-order chi connectivity index (χ1) is 19.2. The van der Waals surface area contributed by atoms with Gasteiger partial charge in [-0.25, -0.2) is 14.8 Å². The Hall–Kier alpha value is -4.54. The van der Waals surface area contributed by atoms with Gasteiger partial charge in [0.1, 0.15) is 0 Å². The number of benzene rings is 3. The molecule has 2 aromatic heterocycles. The number of H-pyrrole nitrogens is 1. The fourth-order valence-corrected chi connectivity index (χ4v) is 5.08. The van der Waals surface area contributed by atoms with Gasteiger partial charge >= 0.3 is 5.97 Å². The minimum atomic E-state index is -0.470. The molecule has 1 amide bonds. The number of carbonyl (C=O) groups excluding carboxylic acids is 2. The van der Waals surface area contributed by atoms with E-state index >= 15 is 0 Å². The van der Waals surface area contributed by atoms with Gasteiger partial charge in [0.25, 0.3) is 5.91 Å². The number of esters is 1. The number of hydrogen-bond donors (Lipinski definition) is 2. The lowest BCUT2D eigenvalue weighted by molar-refractivity contribution is 0.0600. The third-order valence-corrected chi connectivity index (χ3v) is 7.43. The van der Waals surface area contributed by atoms with Crippen molar-refractivity contribution in [2.75, 3.05) is 41.3 Å². The van der Waals surface area contributed by atoms with Crippen molar-refractivity contribution in [2.45, 2.75) is 0 Å². The van der Waals surface area contributed by atoms with E-state index < -0.39 is 5.97 Å². The molecule has 204 valence electrons. The quantitative estimate of drug-likeness (QED) is 0.204. The minimum Gasteiger partial charge on any atom is -0.494 e. The molecule has 5 rings (SSSR count). The molecule has 0 saturated heterocycles. The van der Waals surface area contributed by atoms with Gasteiger partial charge in [0, 0.05) is 42.2 Å². The SMILES string of the molecule is COC(=O)c1ccc2c(C(=Nc3ccc(C(=O)N(C)CCN(C)C)cc3)c3ccc4scnc4c3)c(O)[nH]c2c1. The highest BCUT2D eigenvalue weighted by Crippen LogP contribution is 2.33. The summed E-state index contributed by atoms with van der Waals surface area (Å²) < 4.78 is 5.88. The molecule has 5 aromatic rings. The van der Waals surface area contributed by atoms with Crippen LogP contribution in [0.15, 0.2) is 71.2 Å². The van der Waals surface area contributed by atoms with Gasteiger partial charge < -0.3 is 24.6 Å². The van der Waals surface area contributed by atoms with E-state index in [2.05, 4.69) is 9.97 Å². The number of rotatable bonds is 8. The Bertz CT molecular complexity index is 1740. The molecule has 0 saturated carbocycles. The van der Waals surface area contributed by atoms with E-state index in [1.165, 1.54) is 7.11 Å². The molecule has 0 fully saturated rings. The van der Waals surface area contributed by atoms with Crippen LogP contribution in [0.1, 0.15) is 31.8 Å². The van der Waals surface area contributed by atoms with E-state index in [0.29, 0.717) is 45.5 Å². The van der Waals surface area contributed by atoms with Crippen molar-refractivity contribution in [2.24, 2.45) is 4.99 Å². The second-order valence-electron chi connectivity index (χ2n) is 9.67. The first-order valence-electron chi connectivity index (χ1n) is 12.6. The first-order valence-corrected chi connectivity index (χ1v) is 13.5. The van der Waals surface area contributed by atoms with Crippen LogP contribution in [0.4, 0.5) is 5.69 Å². The maximum absolute atomic E-state index is 12.9. The van der Waals surface area contributed by atoms with Crippen LogP contribution in [0, 0.1) is 0 Å². The minimum absolute atomic E-state index is 0.0673. The fourth-order valence-electron chi connectivity index (χ4n) is 4.42. The number of fused-ring (bicyclic) bond motifs is 2. The van der Waals surface area contributed by atoms with E-state index in [9.17, 15) is 14.7 Å². The molecular formula is C30H29N5O4S. The van der Waals surface area contributed by atoms with Gasteiger partial charge in [-0.05, 0) is 62.6 Å². The van der Waals surface area contributed by atoms with Crippen LogP contribution in [-0.2, 0) is 4.74 Å². The van der Waals surface area contributed by atoms with Gasteiger partial charge in [-0.2, -0.15) is 0 Å². The van der Waals surface area contributed by atoms with E-state index in [1.807, 2.05) is 37.2 Å². The number of methoxy groups -OCH3 is 1. The summed E-state index contributed by atoms with van der Waals surface area (Å²) in [5, 5.41) is 11.7. The Morgan fingerprint density at radius 2 is 1.70 bits per heavy atom. The summed E-state index contributed by atoms with van der Waals surface area (Å²) in [5.74, 6) is -0.617. The molecule has 0 aliphatic carbocycles. The second-order valence-corrected chi connectivity index (χ2v) is 10.6. The van der Waals surface area contributed by atoms with Crippen LogP contribution >= 0.6 is 11.3 Å². The third kappa shape index (κ3) is 5.45. The topological polar surface area (TPSA) is 111 Å². The highest BCUT2D eigenvalue weighted by atomic mass is 32.1. The van der Waals surface area contributed by atoms with Crippen molar-refractivity contribution >= 4 is 55.7 Å². The van der Waals surface area contributed by atoms with Crippen molar-refractivity contribution in [3.8, 4) is 5.88 Å². The zero-order valence-corrected chi connectivity index (χ0v) is 23.5. The average Bonchev–Trinajstić information content (AvgIpc) is 3.56. The molecule has 0 unspecified atom stereocenters. The number of ether oxygens (including phenoxy) is 1. The summed E-state index contributed by atoms with van der Waals surface area (Å²) in [6, 6.07) is 18.0. The van der Waals surface area contributed by atoms with Crippen LogP contribution in [0.5, 0.6) is 5.88 Å². The highest BCUT2D eigenvalue weighted by molar-refractivity contribution is 7.16. The summed E-state index contributed by atoms with van der Waals surface area (Å²) in [7, 11) is 7.05. The Labute approximate surface area is 235 Å². The molecule has 0 bridgehead atoms. The van der Waals surface area contributed by atoms with Gasteiger partial charge in [-0.1, -0.05) is 12.1 Å². The number of aromatic hydroxyl groups is 1. The number of carbonyl (C=O) groups is 2. The predicted octanol–water partition coefficient (Wildman–Crippen LogP) is 5.07. The Balaban J connectivity index is 1.58. The van der Waals surface area contributed by atoms with Crippen LogP contribution in [0.25, 0.3) is 21.1 Å². The number of aromatic amines is 1. The number of thiazole rings is 1. The zero-order valence-electron chi connectivity index (χ0n) is 22.6. The van der Waals surface area contributed by atoms with Crippen LogP contribution in [0.3, 0.4) is 0 Å². The van der Waals surface area contributed by atoms with E-state index in [1.54, 1.807) is 71.3 Å². The number of likely N-dealkylation sites (N-methyl/N-ethyl adjacent to an activating group) is 2. The molecule has 2 N–H and O–H groups in total. The number of hydrogen-bond acceptors (Lipinski definition) is 8.